The molecule has 5 aromatic heterocycles. The number of hydrogen-bond donors (Lipinski definition) is 0. The average molecular weight is 2050 g/mol. The zero-order valence-corrected chi connectivity index (χ0v) is 85.2. The summed E-state index contributed by atoms with van der Waals surface area (Å²) >= 11 is 0. The van der Waals surface area contributed by atoms with Gasteiger partial charge in [-0.1, -0.05) is 458 Å². The van der Waals surface area contributed by atoms with Crippen molar-refractivity contribution in [1.82, 2.24) is 44.9 Å². The first-order valence-electron chi connectivity index (χ1n) is 49.9. The molecule has 22 rings (SSSR count). The third-order valence-electron chi connectivity index (χ3n) is 28.3. The number of benzene rings is 16. The smallest absolute Gasteiger partial charge is 0.305 e. The van der Waals surface area contributed by atoms with Gasteiger partial charge in [0.05, 0.1) is 0 Å². The predicted octanol–water partition coefficient (Wildman–Crippen LogP) is 34.4. The molecule has 702 valence electrons. The number of hydrogen-bond acceptors (Lipinski definition) is 9. The molecule has 0 radical (unpaired) electrons. The van der Waals surface area contributed by atoms with Crippen molar-refractivity contribution in [2.45, 2.75) is 116 Å². The zero-order valence-electron chi connectivity index (χ0n) is 82.8. The second-order valence-electron chi connectivity index (χ2n) is 41.0. The maximum absolute atomic E-state index is 5.21. The van der Waals surface area contributed by atoms with Crippen molar-refractivity contribution in [3.05, 3.63) is 489 Å². The Kier molecular flexibility index (Phi) is 26.8. The summed E-state index contributed by atoms with van der Waals surface area (Å²) in [6.07, 6.45) is 8.36. The molecule has 2 atom stereocenters. The number of aromatic nitrogens is 9. The molecule has 16 aromatic carbocycles. The normalized spacial score (nSPS) is 13.8. The van der Waals surface area contributed by atoms with Gasteiger partial charge in [-0.05, 0) is 190 Å². The molecule has 9 nitrogen and oxygen atoms in total. The summed E-state index contributed by atoms with van der Waals surface area (Å²) < 4.78 is 0. The van der Waals surface area contributed by atoms with Gasteiger partial charge in [0.1, 0.15) is 0 Å². The van der Waals surface area contributed by atoms with Crippen LogP contribution < -0.4 is 0 Å². The van der Waals surface area contributed by atoms with Gasteiger partial charge in [0.15, 0.2) is 34.9 Å². The van der Waals surface area contributed by atoms with Crippen LogP contribution in [0, 0.1) is 18.2 Å². The SMILES string of the molecule is CC(C)(C)c1ccnc(-c2[c-]cc(-c3ccccc3C3CC(c4ccccc4-c4c[c-]c(-c5cc(C(C)(C)C)ccn5)cc4-c4ccc(-c5nc(-c6ccccc6)nc(-c6ccccc6)n5)cc4)CC(c4ccccc4-c4c[c-]c(-c5cc(C(C)(C)C)ccn5)cc4-c4ccc(-c5nc(-c6ccccc6)nc(-c6ccccc6)n5)cc4)C3)c(-c3ccc(-c4cc(-c5ccccc5)cc(-c5ccccc5)c4)cc3)c2)c1.[Ir+3]. The van der Waals surface area contributed by atoms with Gasteiger partial charge in [0.25, 0.3) is 0 Å². The average Bonchev–Trinajstić information content (AvgIpc) is 0.754. The van der Waals surface area contributed by atoms with Crippen molar-refractivity contribution < 1.29 is 20.1 Å². The molecule has 10 heteroatoms. The molecule has 0 aliphatic heterocycles. The third-order valence-corrected chi connectivity index (χ3v) is 28.3. The Hall–Kier alpha value is -16.4. The Morgan fingerprint density at radius 1 is 0.193 bits per heavy atom. The fourth-order valence-corrected chi connectivity index (χ4v) is 20.5. The van der Waals surface area contributed by atoms with Gasteiger partial charge >= 0.3 is 20.1 Å². The maximum atomic E-state index is 5.21. The van der Waals surface area contributed by atoms with Crippen LogP contribution in [-0.4, -0.2) is 44.9 Å². The van der Waals surface area contributed by atoms with E-state index < -0.39 is 0 Å². The van der Waals surface area contributed by atoms with Gasteiger partial charge in [-0.3, -0.25) is 0 Å². The fourth-order valence-electron chi connectivity index (χ4n) is 20.5. The van der Waals surface area contributed by atoms with E-state index in [0.29, 0.717) is 34.9 Å². The van der Waals surface area contributed by atoms with Crippen LogP contribution in [0.5, 0.6) is 0 Å². The van der Waals surface area contributed by atoms with Crippen LogP contribution in [0.4, 0.5) is 0 Å². The van der Waals surface area contributed by atoms with Crippen LogP contribution in [0.3, 0.4) is 0 Å². The van der Waals surface area contributed by atoms with Gasteiger partial charge in [-0.2, -0.15) is 0 Å². The third kappa shape index (κ3) is 20.5. The number of pyridine rings is 3. The Bertz CT molecular complexity index is 7290. The first-order valence-corrected chi connectivity index (χ1v) is 49.9. The topological polar surface area (TPSA) is 116 Å². The van der Waals surface area contributed by atoms with Gasteiger partial charge in [0, 0.05) is 52.0 Å². The minimum Gasteiger partial charge on any atom is -0.305 e. The van der Waals surface area contributed by atoms with E-state index in [1.54, 1.807) is 0 Å². The molecule has 0 spiro atoms. The molecule has 145 heavy (non-hydrogen) atoms. The van der Waals surface area contributed by atoms with E-state index in [2.05, 4.69) is 426 Å². The van der Waals surface area contributed by atoms with E-state index in [9.17, 15) is 0 Å². The maximum Gasteiger partial charge on any atom is 3.00 e. The molecule has 2 unspecified atom stereocenters. The van der Waals surface area contributed by atoms with E-state index in [1.165, 1.54) is 50.1 Å². The number of nitrogens with zero attached hydrogens (tertiary/aromatic N) is 9. The van der Waals surface area contributed by atoms with E-state index in [0.717, 1.165) is 170 Å². The first kappa shape index (κ1) is 94.9. The molecular weight excluding hydrogens is 1940 g/mol. The minimum absolute atomic E-state index is 0. The van der Waals surface area contributed by atoms with Gasteiger partial charge in [-0.15, -0.1) is 71.3 Å². The van der Waals surface area contributed by atoms with Crippen LogP contribution in [0.2, 0.25) is 0 Å². The largest absolute Gasteiger partial charge is 3.00 e. The molecule has 1 aliphatic rings. The summed E-state index contributed by atoms with van der Waals surface area (Å²) in [4.78, 5) is 46.4. The van der Waals surface area contributed by atoms with Gasteiger partial charge in [0.2, 0.25) is 0 Å². The van der Waals surface area contributed by atoms with Crippen LogP contribution in [0.1, 0.15) is 133 Å². The fraction of sp³-hybridized carbons (Fsp3) is 0.133. The van der Waals surface area contributed by atoms with Crippen LogP contribution in [-0.2, 0) is 36.4 Å². The minimum atomic E-state index is -0.128. The Morgan fingerprint density at radius 2 is 0.400 bits per heavy atom. The quantitative estimate of drug-likeness (QED) is 0.0649. The van der Waals surface area contributed by atoms with Crippen molar-refractivity contribution in [2.24, 2.45) is 0 Å². The summed E-state index contributed by atoms with van der Waals surface area (Å²) in [6, 6.07) is 162. The van der Waals surface area contributed by atoms with Gasteiger partial charge in [-0.25, -0.2) is 29.9 Å². The molecule has 0 N–H and O–H groups in total. The van der Waals surface area contributed by atoms with Crippen molar-refractivity contribution in [1.29, 1.82) is 0 Å². The van der Waals surface area contributed by atoms with Gasteiger partial charge < -0.3 is 15.0 Å². The van der Waals surface area contributed by atoms with Crippen LogP contribution in [0.25, 0.3) is 202 Å². The zero-order chi connectivity index (χ0) is 98.0. The van der Waals surface area contributed by atoms with E-state index >= 15 is 0 Å². The standard InChI is InChI=1S/C135H108N9.Ir/c1-133(2,3)109-70-73-136-124(85-109)100-64-67-118(121(82-100)91-54-52-90(53-55-91)105-77-103(88-34-16-10-17-35-88)76-104(78-105)89-36-18-11-19-37-89)115-49-31-28-46-112(115)106-79-107(113-47-29-32-50-116(113)119-68-65-101(125-86-110(71-74-137-125)134(4,5)6)83-122(119)92-56-60-98(61-57-92)131-141-127(94-38-20-12-21-39-94)139-128(142-131)95-40-22-13-23-41-95)81-108(80-106)114-48-30-33-51-117(114)120-69-66-102(126-87-111(72-75-138-126)135(7,8)9)84-123(120)93-58-62-99(63-59-93)132-143-129(96-42-24-14-25-43-96)140-130(144-132)97-44-26-15-27-45-97;/h10-63,67-78,82-87,106-108H,79-81H2,1-9H3;/q-3;+3. The molecule has 5 heterocycles. The predicted molar refractivity (Wildman–Crippen MR) is 592 cm³/mol. The van der Waals surface area contributed by atoms with E-state index in [-0.39, 0.29) is 54.1 Å². The summed E-state index contributed by atoms with van der Waals surface area (Å²) in [5.41, 5.74) is 37.7. The van der Waals surface area contributed by atoms with E-state index in [1.807, 2.05) is 91.4 Å². The Morgan fingerprint density at radius 3 is 0.648 bits per heavy atom. The molecule has 0 saturated heterocycles. The summed E-state index contributed by atoms with van der Waals surface area (Å²) in [5.74, 6) is 3.60. The second-order valence-corrected chi connectivity index (χ2v) is 41.0. The van der Waals surface area contributed by atoms with E-state index in [4.69, 9.17) is 44.9 Å². The molecule has 1 aliphatic carbocycles. The molecule has 0 bridgehead atoms. The van der Waals surface area contributed by atoms with Crippen molar-refractivity contribution in [2.75, 3.05) is 0 Å². The molecule has 21 aromatic rings. The summed E-state index contributed by atoms with van der Waals surface area (Å²) in [5, 5.41) is 0. The molecule has 1 fully saturated rings. The molecule has 1 saturated carbocycles. The monoisotopic (exact) mass is 2050 g/mol. The molecular formula is C135H108IrN9. The summed E-state index contributed by atoms with van der Waals surface area (Å²) in [7, 11) is 0. The van der Waals surface area contributed by atoms with Crippen molar-refractivity contribution >= 4 is 0 Å². The molecule has 0 amide bonds. The second kappa shape index (κ2) is 40.9. The van der Waals surface area contributed by atoms with Crippen LogP contribution >= 0.6 is 0 Å². The first-order chi connectivity index (χ1) is 70.2. The van der Waals surface area contributed by atoms with Crippen molar-refractivity contribution in [3.63, 3.8) is 0 Å². The Labute approximate surface area is 865 Å². The Balaban J connectivity index is 0.0000124. The van der Waals surface area contributed by atoms with Crippen LogP contribution in [0.15, 0.2) is 437 Å². The number of rotatable bonds is 21. The summed E-state index contributed by atoms with van der Waals surface area (Å²) in [6.45, 7) is 20.3. The van der Waals surface area contributed by atoms with Crippen molar-refractivity contribution in [3.8, 4) is 202 Å².